The zero-order valence-corrected chi connectivity index (χ0v) is 11.2. The van der Waals surface area contributed by atoms with Gasteiger partial charge in [0.25, 0.3) is 0 Å². The van der Waals surface area contributed by atoms with Gasteiger partial charge in [0.15, 0.2) is 0 Å². The molecule has 0 aliphatic heterocycles. The molecule has 0 saturated heterocycles. The van der Waals surface area contributed by atoms with Gasteiger partial charge in [-0.15, -0.1) is 0 Å². The van der Waals surface area contributed by atoms with Crippen LogP contribution in [0, 0.1) is 29.6 Å². The van der Waals surface area contributed by atoms with E-state index in [2.05, 4.69) is 18.0 Å². The van der Waals surface area contributed by atoms with Crippen molar-refractivity contribution >= 4 is 11.8 Å². The zero-order valence-electron chi connectivity index (χ0n) is 10.4. The van der Waals surface area contributed by atoms with E-state index in [-0.39, 0.29) is 0 Å². The number of hydrogen-bond donors (Lipinski definition) is 1. The highest BCUT2D eigenvalue weighted by atomic mass is 32.2. The van der Waals surface area contributed by atoms with Gasteiger partial charge in [-0.25, -0.2) is 0 Å². The molecule has 0 aromatic carbocycles. The maximum Gasteiger partial charge on any atom is 0.00898 e. The third-order valence-electron chi connectivity index (χ3n) is 5.48. The lowest BCUT2D eigenvalue weighted by atomic mass is 9.51. The first kappa shape index (κ1) is 11.4. The second-order valence-corrected chi connectivity index (χ2v) is 7.44. The summed E-state index contributed by atoms with van der Waals surface area (Å²) in [5.41, 5.74) is 5.78. The van der Waals surface area contributed by atoms with Crippen molar-refractivity contribution in [2.45, 2.75) is 43.8 Å². The lowest BCUT2D eigenvalue weighted by Crippen LogP contribution is -2.48. The molecule has 0 amide bonds. The van der Waals surface area contributed by atoms with Gasteiger partial charge < -0.3 is 5.73 Å². The van der Waals surface area contributed by atoms with Crippen molar-refractivity contribution in [3.8, 4) is 0 Å². The fraction of sp³-hybridized carbons (Fsp3) is 1.00. The van der Waals surface area contributed by atoms with Gasteiger partial charge in [-0.1, -0.05) is 0 Å². The minimum Gasteiger partial charge on any atom is -0.330 e. The van der Waals surface area contributed by atoms with Gasteiger partial charge >= 0.3 is 0 Å². The molecule has 0 heterocycles. The summed E-state index contributed by atoms with van der Waals surface area (Å²) < 4.78 is 0. The standard InChI is InChI=1S/C14H25NS/c1-16-13(2-3-15)14-11-5-9-4-10(7-11)8-12(14)6-9/h9-14H,2-8,15H2,1H3. The quantitative estimate of drug-likeness (QED) is 0.815. The topological polar surface area (TPSA) is 26.0 Å². The van der Waals surface area contributed by atoms with Crippen molar-refractivity contribution in [1.82, 2.24) is 0 Å². The lowest BCUT2D eigenvalue weighted by Gasteiger charge is -2.56. The molecule has 4 rings (SSSR count). The molecule has 4 saturated carbocycles. The minimum atomic E-state index is 0.861. The van der Waals surface area contributed by atoms with Crippen LogP contribution in [0.2, 0.25) is 0 Å². The average molecular weight is 239 g/mol. The summed E-state index contributed by atoms with van der Waals surface area (Å²) >= 11 is 2.09. The molecule has 2 heteroatoms. The van der Waals surface area contributed by atoms with Gasteiger partial charge in [0.2, 0.25) is 0 Å². The van der Waals surface area contributed by atoms with Crippen molar-refractivity contribution in [3.05, 3.63) is 0 Å². The monoisotopic (exact) mass is 239 g/mol. The van der Waals surface area contributed by atoms with Crippen LogP contribution in [0.4, 0.5) is 0 Å². The molecule has 4 fully saturated rings. The fourth-order valence-electron chi connectivity index (χ4n) is 5.21. The van der Waals surface area contributed by atoms with Crippen LogP contribution in [-0.4, -0.2) is 18.1 Å². The molecule has 16 heavy (non-hydrogen) atoms. The normalized spacial score (nSPS) is 47.2. The van der Waals surface area contributed by atoms with Crippen LogP contribution >= 0.6 is 11.8 Å². The minimum absolute atomic E-state index is 0.861. The second kappa shape index (κ2) is 4.53. The molecule has 0 radical (unpaired) electrons. The Kier molecular flexibility index (Phi) is 3.23. The van der Waals surface area contributed by atoms with E-state index in [0.717, 1.165) is 41.4 Å². The van der Waals surface area contributed by atoms with Crippen LogP contribution in [-0.2, 0) is 0 Å². The second-order valence-electron chi connectivity index (χ2n) is 6.36. The molecule has 0 aromatic rings. The molecule has 0 aromatic heterocycles. The van der Waals surface area contributed by atoms with E-state index in [1.165, 1.54) is 6.42 Å². The summed E-state index contributed by atoms with van der Waals surface area (Å²) in [6.45, 7) is 0.883. The summed E-state index contributed by atoms with van der Waals surface area (Å²) in [7, 11) is 0. The number of thioether (sulfide) groups is 1. The largest absolute Gasteiger partial charge is 0.330 e. The van der Waals surface area contributed by atoms with E-state index in [1.54, 1.807) is 32.1 Å². The van der Waals surface area contributed by atoms with Crippen molar-refractivity contribution in [1.29, 1.82) is 0 Å². The molecule has 1 nitrogen and oxygen atoms in total. The molecule has 1 unspecified atom stereocenters. The Morgan fingerprint density at radius 1 is 1.06 bits per heavy atom. The average Bonchev–Trinajstić information content (AvgIpc) is 2.26. The summed E-state index contributed by atoms with van der Waals surface area (Å²) in [5.74, 6) is 5.38. The Morgan fingerprint density at radius 2 is 1.62 bits per heavy atom. The maximum atomic E-state index is 5.78. The van der Waals surface area contributed by atoms with E-state index in [1.807, 2.05) is 0 Å². The Hall–Kier alpha value is 0.310. The van der Waals surface area contributed by atoms with Crippen LogP contribution in [0.15, 0.2) is 0 Å². The van der Waals surface area contributed by atoms with Gasteiger partial charge in [0, 0.05) is 5.25 Å². The van der Waals surface area contributed by atoms with Crippen LogP contribution in [0.5, 0.6) is 0 Å². The van der Waals surface area contributed by atoms with Gasteiger partial charge in [-0.2, -0.15) is 11.8 Å². The molecule has 4 aliphatic carbocycles. The summed E-state index contributed by atoms with van der Waals surface area (Å²) in [4.78, 5) is 0. The Morgan fingerprint density at radius 3 is 2.06 bits per heavy atom. The molecule has 4 aliphatic rings. The number of rotatable bonds is 4. The maximum absolute atomic E-state index is 5.78. The molecule has 0 spiro atoms. The summed E-state index contributed by atoms with van der Waals surface area (Å²) in [5, 5.41) is 0.861. The highest BCUT2D eigenvalue weighted by molar-refractivity contribution is 7.99. The van der Waals surface area contributed by atoms with Crippen LogP contribution in [0.3, 0.4) is 0 Å². The third kappa shape index (κ3) is 1.82. The van der Waals surface area contributed by atoms with E-state index in [9.17, 15) is 0 Å². The van der Waals surface area contributed by atoms with Crippen LogP contribution in [0.1, 0.15) is 38.5 Å². The molecular formula is C14H25NS. The zero-order chi connectivity index (χ0) is 11.1. The van der Waals surface area contributed by atoms with E-state index in [4.69, 9.17) is 5.73 Å². The van der Waals surface area contributed by atoms with Crippen LogP contribution in [0.25, 0.3) is 0 Å². The van der Waals surface area contributed by atoms with E-state index < -0.39 is 0 Å². The summed E-state index contributed by atoms with van der Waals surface area (Å²) in [6.07, 6.45) is 11.3. The first-order valence-corrected chi connectivity index (χ1v) is 8.33. The smallest absolute Gasteiger partial charge is 0.00898 e. The lowest BCUT2D eigenvalue weighted by molar-refractivity contribution is -0.0372. The first-order chi connectivity index (χ1) is 7.81. The summed E-state index contributed by atoms with van der Waals surface area (Å²) in [6, 6.07) is 0. The van der Waals surface area contributed by atoms with Gasteiger partial charge in [0.1, 0.15) is 0 Å². The molecule has 92 valence electrons. The molecule has 4 bridgehead atoms. The Balaban J connectivity index is 1.75. The van der Waals surface area contributed by atoms with Gasteiger partial charge in [-0.3, -0.25) is 0 Å². The number of nitrogens with two attached hydrogens (primary N) is 1. The SMILES string of the molecule is CSC(CCN)C1C2CC3CC(C2)CC1C3. The van der Waals surface area contributed by atoms with Crippen molar-refractivity contribution in [3.63, 3.8) is 0 Å². The van der Waals surface area contributed by atoms with E-state index in [0.29, 0.717) is 0 Å². The molecule has 2 N–H and O–H groups in total. The Bertz CT molecular complexity index is 222. The predicted molar refractivity (Wildman–Crippen MR) is 71.5 cm³/mol. The highest BCUT2D eigenvalue weighted by Crippen LogP contribution is 2.58. The van der Waals surface area contributed by atoms with Crippen LogP contribution < -0.4 is 5.73 Å². The first-order valence-electron chi connectivity index (χ1n) is 7.04. The van der Waals surface area contributed by atoms with Crippen molar-refractivity contribution in [2.24, 2.45) is 35.3 Å². The number of hydrogen-bond acceptors (Lipinski definition) is 2. The Labute approximate surface area is 104 Å². The van der Waals surface area contributed by atoms with E-state index >= 15 is 0 Å². The molecule has 1 atom stereocenters. The van der Waals surface area contributed by atoms with Crippen molar-refractivity contribution < 1.29 is 0 Å². The van der Waals surface area contributed by atoms with Gasteiger partial charge in [-0.05, 0) is 80.9 Å². The van der Waals surface area contributed by atoms with Crippen molar-refractivity contribution in [2.75, 3.05) is 12.8 Å². The highest BCUT2D eigenvalue weighted by Gasteiger charge is 2.49. The third-order valence-corrected chi connectivity index (χ3v) is 6.64. The predicted octanol–water partition coefficient (Wildman–Crippen LogP) is 3.14. The van der Waals surface area contributed by atoms with Gasteiger partial charge in [0.05, 0.1) is 0 Å². The molecular weight excluding hydrogens is 214 g/mol. The fourth-order valence-corrected chi connectivity index (χ4v) is 6.34.